The van der Waals surface area contributed by atoms with Gasteiger partial charge in [0, 0.05) is 0 Å². The maximum atomic E-state index is 13.7. The largest absolute Gasteiger partial charge is 0.359 e. The van der Waals surface area contributed by atoms with Crippen molar-refractivity contribution in [2.45, 2.75) is 13.3 Å². The lowest BCUT2D eigenvalue weighted by molar-refractivity contribution is -0.898. The fourth-order valence-electron chi connectivity index (χ4n) is 3.28. The van der Waals surface area contributed by atoms with Crippen LogP contribution in [0.15, 0.2) is 48.5 Å². The first kappa shape index (κ1) is 17.4. The van der Waals surface area contributed by atoms with Gasteiger partial charge in [0.05, 0.1) is 50.5 Å². The van der Waals surface area contributed by atoms with Crippen LogP contribution >= 0.6 is 0 Å². The molecule has 25 heavy (non-hydrogen) atoms. The second-order valence-electron chi connectivity index (χ2n) is 6.42. The molecule has 1 saturated heterocycles. The Bertz CT molecular complexity index is 726. The molecule has 1 aliphatic heterocycles. The number of benzene rings is 2. The summed E-state index contributed by atoms with van der Waals surface area (Å²) in [5, 5.41) is 2.95. The van der Waals surface area contributed by atoms with Crippen LogP contribution in [0.1, 0.15) is 12.5 Å². The summed E-state index contributed by atoms with van der Waals surface area (Å²) >= 11 is 0. The first-order valence-electron chi connectivity index (χ1n) is 8.88. The minimum absolute atomic E-state index is 0.0365. The smallest absolute Gasteiger partial charge is 0.228 e. The van der Waals surface area contributed by atoms with E-state index in [1.807, 2.05) is 24.3 Å². The van der Waals surface area contributed by atoms with E-state index in [0.717, 1.165) is 44.1 Å². The van der Waals surface area contributed by atoms with E-state index >= 15 is 0 Å². The van der Waals surface area contributed by atoms with E-state index in [0.29, 0.717) is 5.56 Å². The number of anilines is 2. The van der Waals surface area contributed by atoms with E-state index in [4.69, 9.17) is 0 Å². The van der Waals surface area contributed by atoms with Gasteiger partial charge in [-0.25, -0.2) is 4.39 Å². The lowest BCUT2D eigenvalue weighted by atomic mass is 10.1. The molecule has 0 saturated carbocycles. The minimum atomic E-state index is -0.343. The van der Waals surface area contributed by atoms with Crippen molar-refractivity contribution < 1.29 is 14.1 Å². The standard InChI is InChI=1S/C20H24FN3O/c1-2-23-11-13-24(14-12-23)19-10-6-5-9-18(19)22-20(25)15-16-7-3-4-8-17(16)21/h3-10H,2,11-15H2,1H3,(H,22,25)/p+1. The number of rotatable bonds is 5. The molecule has 0 aliphatic carbocycles. The number of hydrogen-bond acceptors (Lipinski definition) is 2. The molecule has 2 aromatic rings. The number of para-hydroxylation sites is 2. The third kappa shape index (κ3) is 4.37. The molecular weight excluding hydrogens is 317 g/mol. The van der Waals surface area contributed by atoms with Crippen LogP contribution in [-0.4, -0.2) is 38.6 Å². The Hall–Kier alpha value is -2.40. The first-order chi connectivity index (χ1) is 12.2. The normalized spacial score (nSPS) is 15.2. The molecular formula is C20H25FN3O+. The molecule has 1 heterocycles. The van der Waals surface area contributed by atoms with Crippen LogP contribution in [0, 0.1) is 5.82 Å². The number of nitrogens with zero attached hydrogens (tertiary/aromatic N) is 1. The summed E-state index contributed by atoms with van der Waals surface area (Å²) in [7, 11) is 0. The maximum absolute atomic E-state index is 13.7. The molecule has 3 rings (SSSR count). The Balaban J connectivity index is 1.69. The summed E-state index contributed by atoms with van der Waals surface area (Å²) in [6, 6.07) is 14.2. The highest BCUT2D eigenvalue weighted by Gasteiger charge is 2.21. The van der Waals surface area contributed by atoms with Gasteiger partial charge in [-0.15, -0.1) is 0 Å². The van der Waals surface area contributed by atoms with Crippen LogP contribution in [0.3, 0.4) is 0 Å². The van der Waals surface area contributed by atoms with E-state index in [-0.39, 0.29) is 18.1 Å². The van der Waals surface area contributed by atoms with E-state index in [9.17, 15) is 9.18 Å². The number of carbonyl (C=O) groups excluding carboxylic acids is 1. The van der Waals surface area contributed by atoms with E-state index in [1.54, 1.807) is 23.1 Å². The number of halogens is 1. The molecule has 0 atom stereocenters. The van der Waals surface area contributed by atoms with Crippen LogP contribution in [0.4, 0.5) is 15.8 Å². The van der Waals surface area contributed by atoms with Crippen LogP contribution < -0.4 is 15.1 Å². The van der Waals surface area contributed by atoms with Gasteiger partial charge in [-0.2, -0.15) is 0 Å². The van der Waals surface area contributed by atoms with Crippen molar-refractivity contribution in [3.8, 4) is 0 Å². The topological polar surface area (TPSA) is 36.8 Å². The molecule has 4 nitrogen and oxygen atoms in total. The minimum Gasteiger partial charge on any atom is -0.359 e. The van der Waals surface area contributed by atoms with Crippen molar-refractivity contribution in [3.63, 3.8) is 0 Å². The highest BCUT2D eigenvalue weighted by Crippen LogP contribution is 2.25. The summed E-state index contributed by atoms with van der Waals surface area (Å²) in [5.74, 6) is -0.542. The average molecular weight is 342 g/mol. The van der Waals surface area contributed by atoms with Gasteiger partial charge in [0.1, 0.15) is 5.82 Å². The number of nitrogens with one attached hydrogen (secondary N) is 2. The first-order valence-corrected chi connectivity index (χ1v) is 8.88. The van der Waals surface area contributed by atoms with E-state index in [1.165, 1.54) is 6.07 Å². The predicted molar refractivity (Wildman–Crippen MR) is 98.6 cm³/mol. The summed E-state index contributed by atoms with van der Waals surface area (Å²) in [6.07, 6.45) is 0.0365. The van der Waals surface area contributed by atoms with Crippen LogP contribution in [0.2, 0.25) is 0 Å². The molecule has 5 heteroatoms. The molecule has 0 spiro atoms. The molecule has 2 aromatic carbocycles. The lowest BCUT2D eigenvalue weighted by Crippen LogP contribution is -3.14. The summed E-state index contributed by atoms with van der Waals surface area (Å²) < 4.78 is 13.7. The van der Waals surface area contributed by atoms with E-state index < -0.39 is 0 Å². The van der Waals surface area contributed by atoms with Crippen molar-refractivity contribution in [3.05, 3.63) is 59.9 Å². The molecule has 1 aliphatic rings. The predicted octanol–water partition coefficient (Wildman–Crippen LogP) is 1.73. The van der Waals surface area contributed by atoms with Gasteiger partial charge >= 0.3 is 0 Å². The molecule has 0 bridgehead atoms. The highest BCUT2D eigenvalue weighted by molar-refractivity contribution is 5.95. The molecule has 1 fully saturated rings. The monoisotopic (exact) mass is 342 g/mol. The molecule has 2 N–H and O–H groups in total. The Morgan fingerprint density at radius 3 is 2.52 bits per heavy atom. The number of quaternary nitrogens is 1. The number of carbonyl (C=O) groups is 1. The average Bonchev–Trinajstić information content (AvgIpc) is 2.64. The lowest BCUT2D eigenvalue weighted by Gasteiger charge is -2.34. The Morgan fingerprint density at radius 2 is 1.80 bits per heavy atom. The number of hydrogen-bond donors (Lipinski definition) is 2. The van der Waals surface area contributed by atoms with Crippen molar-refractivity contribution in [1.82, 2.24) is 0 Å². The fourth-order valence-corrected chi connectivity index (χ4v) is 3.28. The zero-order valence-corrected chi connectivity index (χ0v) is 14.6. The number of likely N-dealkylation sites (N-methyl/N-ethyl adjacent to an activating group) is 1. The van der Waals surface area contributed by atoms with Crippen LogP contribution in [-0.2, 0) is 11.2 Å². The SMILES string of the molecule is CC[NH+]1CCN(c2ccccc2NC(=O)Cc2ccccc2F)CC1. The van der Waals surface area contributed by atoms with Gasteiger partial charge in [0.15, 0.2) is 0 Å². The molecule has 0 unspecified atom stereocenters. The zero-order chi connectivity index (χ0) is 17.6. The van der Waals surface area contributed by atoms with Gasteiger partial charge in [-0.05, 0) is 30.7 Å². The third-order valence-corrected chi connectivity index (χ3v) is 4.80. The molecule has 0 aromatic heterocycles. The molecule has 132 valence electrons. The quantitative estimate of drug-likeness (QED) is 0.868. The van der Waals surface area contributed by atoms with Crippen molar-refractivity contribution in [1.29, 1.82) is 0 Å². The van der Waals surface area contributed by atoms with Crippen molar-refractivity contribution >= 4 is 17.3 Å². The number of amides is 1. The summed E-state index contributed by atoms with van der Waals surface area (Å²) in [6.45, 7) is 7.52. The molecule has 1 amide bonds. The highest BCUT2D eigenvalue weighted by atomic mass is 19.1. The summed E-state index contributed by atoms with van der Waals surface area (Å²) in [4.78, 5) is 16.3. The van der Waals surface area contributed by atoms with Gasteiger partial charge in [-0.3, -0.25) is 4.79 Å². The van der Waals surface area contributed by atoms with Crippen LogP contribution in [0.5, 0.6) is 0 Å². The summed E-state index contributed by atoms with van der Waals surface area (Å²) in [5.41, 5.74) is 2.25. The Kier molecular flexibility index (Phi) is 5.66. The van der Waals surface area contributed by atoms with Crippen molar-refractivity contribution in [2.75, 3.05) is 42.9 Å². The second kappa shape index (κ2) is 8.12. The Morgan fingerprint density at radius 1 is 1.12 bits per heavy atom. The molecule has 0 radical (unpaired) electrons. The van der Waals surface area contributed by atoms with Crippen molar-refractivity contribution in [2.24, 2.45) is 0 Å². The van der Waals surface area contributed by atoms with Crippen LogP contribution in [0.25, 0.3) is 0 Å². The van der Waals surface area contributed by atoms with E-state index in [2.05, 4.69) is 17.1 Å². The maximum Gasteiger partial charge on any atom is 0.228 e. The van der Waals surface area contributed by atoms with Gasteiger partial charge in [-0.1, -0.05) is 30.3 Å². The van der Waals surface area contributed by atoms with Gasteiger partial charge in [0.2, 0.25) is 5.91 Å². The van der Waals surface area contributed by atoms with Gasteiger partial charge in [0.25, 0.3) is 0 Å². The Labute approximate surface area is 148 Å². The zero-order valence-electron chi connectivity index (χ0n) is 14.6. The number of piperazine rings is 1. The fraction of sp³-hybridized carbons (Fsp3) is 0.350. The third-order valence-electron chi connectivity index (χ3n) is 4.80. The van der Waals surface area contributed by atoms with Gasteiger partial charge < -0.3 is 15.1 Å². The second-order valence-corrected chi connectivity index (χ2v) is 6.42.